The maximum Gasteiger partial charge on any atom is 0.259 e. The monoisotopic (exact) mass is 483 g/mol. The van der Waals surface area contributed by atoms with Crippen LogP contribution in [-0.4, -0.2) is 60.2 Å². The molecule has 0 aromatic heterocycles. The van der Waals surface area contributed by atoms with Gasteiger partial charge < -0.3 is 15.1 Å². The Morgan fingerprint density at radius 2 is 1.51 bits per heavy atom. The first-order valence-corrected chi connectivity index (χ1v) is 12.0. The fourth-order valence-electron chi connectivity index (χ4n) is 5.00. The zero-order valence-electron chi connectivity index (χ0n) is 20.4. The smallest absolute Gasteiger partial charge is 0.259 e. The Kier molecular flexibility index (Phi) is 6.92. The van der Waals surface area contributed by atoms with E-state index in [2.05, 4.69) is 5.32 Å². The Labute approximate surface area is 204 Å². The lowest BCUT2D eigenvalue weighted by Gasteiger charge is -2.39. The standard InChI is InChI=1S/C27H31F2N3O3/c1-17-4-6-20(14-19(17)3)25(34)30-15-22(33)32-13-10-27(16-32)8-11-31(12-9-27)26(35)23-21(28)7-5-18(2)24(23)29/h4-7,14H,8-13,15-16H2,1-3H3,(H,30,34). The van der Waals surface area contributed by atoms with Gasteiger partial charge >= 0.3 is 0 Å². The second kappa shape index (κ2) is 9.76. The third kappa shape index (κ3) is 5.06. The highest BCUT2D eigenvalue weighted by atomic mass is 19.1. The third-order valence-electron chi connectivity index (χ3n) is 7.57. The number of likely N-dealkylation sites (tertiary alicyclic amines) is 2. The van der Waals surface area contributed by atoms with Gasteiger partial charge in [-0.05, 0) is 80.3 Å². The van der Waals surface area contributed by atoms with Gasteiger partial charge in [-0.25, -0.2) is 8.78 Å². The molecule has 0 radical (unpaired) electrons. The summed E-state index contributed by atoms with van der Waals surface area (Å²) < 4.78 is 28.6. The van der Waals surface area contributed by atoms with E-state index in [9.17, 15) is 23.2 Å². The second-order valence-corrected chi connectivity index (χ2v) is 9.89. The Morgan fingerprint density at radius 1 is 0.886 bits per heavy atom. The van der Waals surface area contributed by atoms with Crippen LogP contribution in [0.4, 0.5) is 8.78 Å². The summed E-state index contributed by atoms with van der Waals surface area (Å²) in [6.45, 7) is 7.27. The molecule has 2 aromatic rings. The molecule has 8 heteroatoms. The molecule has 2 saturated heterocycles. The minimum Gasteiger partial charge on any atom is -0.343 e. The number of aryl methyl sites for hydroxylation is 3. The van der Waals surface area contributed by atoms with E-state index in [1.54, 1.807) is 11.0 Å². The lowest BCUT2D eigenvalue weighted by molar-refractivity contribution is -0.129. The van der Waals surface area contributed by atoms with Crippen LogP contribution < -0.4 is 5.32 Å². The highest BCUT2D eigenvalue weighted by Gasteiger charge is 2.43. The van der Waals surface area contributed by atoms with Crippen LogP contribution in [0.3, 0.4) is 0 Å². The summed E-state index contributed by atoms with van der Waals surface area (Å²) in [5.74, 6) is -2.70. The van der Waals surface area contributed by atoms with Crippen molar-refractivity contribution in [3.63, 3.8) is 0 Å². The van der Waals surface area contributed by atoms with Crippen molar-refractivity contribution in [1.29, 1.82) is 0 Å². The van der Waals surface area contributed by atoms with E-state index in [0.29, 0.717) is 44.6 Å². The molecule has 2 aliphatic rings. The number of nitrogens with one attached hydrogen (secondary N) is 1. The van der Waals surface area contributed by atoms with Crippen molar-refractivity contribution in [2.45, 2.75) is 40.0 Å². The molecule has 3 amide bonds. The molecule has 0 saturated carbocycles. The quantitative estimate of drug-likeness (QED) is 0.720. The molecule has 4 rings (SSSR count). The number of hydrogen-bond acceptors (Lipinski definition) is 3. The average molecular weight is 484 g/mol. The van der Waals surface area contributed by atoms with Gasteiger partial charge in [0, 0.05) is 31.7 Å². The normalized spacial score (nSPS) is 17.1. The number of carbonyl (C=O) groups excluding carboxylic acids is 3. The van der Waals surface area contributed by atoms with Crippen molar-refractivity contribution in [2.24, 2.45) is 5.41 Å². The molecule has 6 nitrogen and oxygen atoms in total. The van der Waals surface area contributed by atoms with Crippen molar-refractivity contribution < 1.29 is 23.2 Å². The molecule has 2 aliphatic heterocycles. The van der Waals surface area contributed by atoms with Gasteiger partial charge in [0.15, 0.2) is 0 Å². The third-order valence-corrected chi connectivity index (χ3v) is 7.57. The molecular formula is C27H31F2N3O3. The lowest BCUT2D eigenvalue weighted by atomic mass is 9.77. The molecule has 0 unspecified atom stereocenters. The highest BCUT2D eigenvalue weighted by molar-refractivity contribution is 5.97. The van der Waals surface area contributed by atoms with Gasteiger partial charge in [0.05, 0.1) is 6.54 Å². The van der Waals surface area contributed by atoms with Crippen LogP contribution in [0.1, 0.15) is 56.7 Å². The number of nitrogens with zero attached hydrogens (tertiary/aromatic N) is 2. The summed E-state index contributed by atoms with van der Waals surface area (Å²) in [5, 5.41) is 2.71. The van der Waals surface area contributed by atoms with Crippen LogP contribution in [-0.2, 0) is 4.79 Å². The molecular weight excluding hydrogens is 452 g/mol. The molecule has 0 atom stereocenters. The summed E-state index contributed by atoms with van der Waals surface area (Å²) in [7, 11) is 0. The predicted molar refractivity (Wildman–Crippen MR) is 128 cm³/mol. The van der Waals surface area contributed by atoms with E-state index < -0.39 is 23.1 Å². The molecule has 35 heavy (non-hydrogen) atoms. The Balaban J connectivity index is 1.30. The van der Waals surface area contributed by atoms with Crippen LogP contribution >= 0.6 is 0 Å². The number of piperidine rings is 1. The van der Waals surface area contributed by atoms with Gasteiger partial charge in [-0.2, -0.15) is 0 Å². The zero-order chi connectivity index (χ0) is 25.3. The van der Waals surface area contributed by atoms with E-state index >= 15 is 0 Å². The fraction of sp³-hybridized carbons (Fsp3) is 0.444. The lowest BCUT2D eigenvalue weighted by Crippen LogP contribution is -2.46. The maximum absolute atomic E-state index is 14.4. The van der Waals surface area contributed by atoms with Gasteiger partial charge in [-0.15, -0.1) is 0 Å². The molecule has 0 aliphatic carbocycles. The summed E-state index contributed by atoms with van der Waals surface area (Å²) in [4.78, 5) is 41.3. The van der Waals surface area contributed by atoms with E-state index in [1.165, 1.54) is 17.9 Å². The largest absolute Gasteiger partial charge is 0.343 e. The fourth-order valence-corrected chi connectivity index (χ4v) is 5.00. The summed E-state index contributed by atoms with van der Waals surface area (Å²) in [5.41, 5.74) is 2.26. The molecule has 2 aromatic carbocycles. The number of carbonyl (C=O) groups is 3. The number of hydrogen-bond donors (Lipinski definition) is 1. The van der Waals surface area contributed by atoms with Gasteiger partial charge in [-0.1, -0.05) is 12.1 Å². The van der Waals surface area contributed by atoms with Crippen LogP contribution in [0.15, 0.2) is 30.3 Å². The molecule has 2 heterocycles. The van der Waals surface area contributed by atoms with Crippen LogP contribution in [0.2, 0.25) is 0 Å². The van der Waals surface area contributed by atoms with Crippen molar-refractivity contribution in [1.82, 2.24) is 15.1 Å². The SMILES string of the molecule is Cc1ccc(C(=O)NCC(=O)N2CCC3(CCN(C(=O)c4c(F)ccc(C)c4F)CC3)C2)cc1C. The first-order valence-electron chi connectivity index (χ1n) is 12.0. The van der Waals surface area contributed by atoms with Crippen molar-refractivity contribution in [3.8, 4) is 0 Å². The number of halogens is 2. The first kappa shape index (κ1) is 24.8. The van der Waals surface area contributed by atoms with E-state index in [0.717, 1.165) is 23.6 Å². The molecule has 1 spiro atoms. The maximum atomic E-state index is 14.4. The topological polar surface area (TPSA) is 69.7 Å². The molecule has 186 valence electrons. The number of rotatable bonds is 4. The van der Waals surface area contributed by atoms with Gasteiger partial charge in [0.25, 0.3) is 11.8 Å². The second-order valence-electron chi connectivity index (χ2n) is 9.89. The molecule has 1 N–H and O–H groups in total. The van der Waals surface area contributed by atoms with Gasteiger partial charge in [0.2, 0.25) is 5.91 Å². The van der Waals surface area contributed by atoms with E-state index in [-0.39, 0.29) is 29.3 Å². The predicted octanol–water partition coefficient (Wildman–Crippen LogP) is 3.77. The Bertz CT molecular complexity index is 1170. The van der Waals surface area contributed by atoms with Crippen molar-refractivity contribution >= 4 is 17.7 Å². The van der Waals surface area contributed by atoms with E-state index in [1.807, 2.05) is 26.0 Å². The first-order chi connectivity index (χ1) is 16.6. The van der Waals surface area contributed by atoms with Crippen LogP contribution in [0.25, 0.3) is 0 Å². The summed E-state index contributed by atoms with van der Waals surface area (Å²) in [6.07, 6.45) is 2.12. The van der Waals surface area contributed by atoms with Crippen LogP contribution in [0, 0.1) is 37.8 Å². The Hall–Kier alpha value is -3.29. The van der Waals surface area contributed by atoms with Gasteiger partial charge in [-0.3, -0.25) is 14.4 Å². The van der Waals surface area contributed by atoms with Crippen molar-refractivity contribution in [3.05, 3.63) is 69.8 Å². The minimum atomic E-state index is -0.848. The summed E-state index contributed by atoms with van der Waals surface area (Å²) in [6, 6.07) is 7.88. The Morgan fingerprint density at radius 3 is 2.17 bits per heavy atom. The van der Waals surface area contributed by atoms with Crippen molar-refractivity contribution in [2.75, 3.05) is 32.7 Å². The number of benzene rings is 2. The number of amides is 3. The average Bonchev–Trinajstić information content (AvgIpc) is 3.25. The molecule has 2 fully saturated rings. The van der Waals surface area contributed by atoms with Crippen LogP contribution in [0.5, 0.6) is 0 Å². The molecule has 0 bridgehead atoms. The highest BCUT2D eigenvalue weighted by Crippen LogP contribution is 2.40. The minimum absolute atomic E-state index is 0.0711. The van der Waals surface area contributed by atoms with Gasteiger partial charge in [0.1, 0.15) is 17.2 Å². The zero-order valence-corrected chi connectivity index (χ0v) is 20.4. The summed E-state index contributed by atoms with van der Waals surface area (Å²) >= 11 is 0. The van der Waals surface area contributed by atoms with E-state index in [4.69, 9.17) is 0 Å².